The monoisotopic (exact) mass is 278 g/mol. The molecule has 0 aliphatic heterocycles. The molecule has 0 spiro atoms. The van der Waals surface area contributed by atoms with Crippen LogP contribution in [0.25, 0.3) is 11.0 Å². The van der Waals surface area contributed by atoms with E-state index in [2.05, 4.69) is 20.3 Å². The van der Waals surface area contributed by atoms with Crippen molar-refractivity contribution in [3.63, 3.8) is 0 Å². The lowest BCUT2D eigenvalue weighted by atomic mass is 10.1. The van der Waals surface area contributed by atoms with E-state index < -0.39 is 16.9 Å². The van der Waals surface area contributed by atoms with Gasteiger partial charge < -0.3 is 10.4 Å². The molecule has 9 nitrogen and oxygen atoms in total. The average molecular weight is 278 g/mol. The Labute approximate surface area is 111 Å². The number of benzene rings is 1. The van der Waals surface area contributed by atoms with E-state index in [1.807, 2.05) is 0 Å². The van der Waals surface area contributed by atoms with E-state index >= 15 is 0 Å². The first-order chi connectivity index (χ1) is 9.58. The van der Waals surface area contributed by atoms with Crippen LogP contribution in [0, 0.1) is 16.0 Å². The van der Waals surface area contributed by atoms with Crippen LogP contribution in [0.1, 0.15) is 12.8 Å². The van der Waals surface area contributed by atoms with Crippen molar-refractivity contribution in [2.45, 2.75) is 18.9 Å². The SMILES string of the molecule is O=C(O)C(Nc1ccc([N+](=O)[O-])c2nonc12)C1CC1. The van der Waals surface area contributed by atoms with Crippen molar-refractivity contribution >= 4 is 28.4 Å². The molecule has 1 saturated carbocycles. The summed E-state index contributed by atoms with van der Waals surface area (Å²) < 4.78 is 4.52. The van der Waals surface area contributed by atoms with E-state index in [1.54, 1.807) is 0 Å². The van der Waals surface area contributed by atoms with Crippen molar-refractivity contribution in [1.29, 1.82) is 0 Å². The third kappa shape index (κ3) is 2.02. The van der Waals surface area contributed by atoms with Gasteiger partial charge in [-0.15, -0.1) is 0 Å². The average Bonchev–Trinajstić information content (AvgIpc) is 3.10. The van der Waals surface area contributed by atoms with Crippen LogP contribution in [-0.2, 0) is 4.79 Å². The second kappa shape index (κ2) is 4.44. The van der Waals surface area contributed by atoms with Crippen LogP contribution in [-0.4, -0.2) is 32.4 Å². The van der Waals surface area contributed by atoms with Crippen molar-refractivity contribution in [3.8, 4) is 0 Å². The lowest BCUT2D eigenvalue weighted by molar-refractivity contribution is -0.383. The number of nitro groups is 1. The largest absolute Gasteiger partial charge is 0.480 e. The van der Waals surface area contributed by atoms with Crippen LogP contribution >= 0.6 is 0 Å². The van der Waals surface area contributed by atoms with Gasteiger partial charge in [-0.1, -0.05) is 0 Å². The number of aliphatic carboxylic acids is 1. The number of nitrogens with one attached hydrogen (secondary N) is 1. The van der Waals surface area contributed by atoms with Crippen molar-refractivity contribution in [3.05, 3.63) is 22.2 Å². The zero-order chi connectivity index (χ0) is 14.3. The van der Waals surface area contributed by atoms with Gasteiger partial charge in [0.15, 0.2) is 5.52 Å². The molecule has 0 saturated heterocycles. The molecule has 9 heteroatoms. The van der Waals surface area contributed by atoms with Crippen LogP contribution in [0.3, 0.4) is 0 Å². The van der Waals surface area contributed by atoms with Crippen molar-refractivity contribution in [2.24, 2.45) is 5.92 Å². The molecule has 0 amide bonds. The maximum absolute atomic E-state index is 11.2. The number of carboxylic acids is 1. The number of aromatic nitrogens is 2. The first-order valence-corrected chi connectivity index (χ1v) is 5.97. The number of carbonyl (C=O) groups is 1. The molecule has 2 aromatic rings. The molecular formula is C11H10N4O5. The molecule has 1 aromatic carbocycles. The summed E-state index contributed by atoms with van der Waals surface area (Å²) in [5.41, 5.74) is 0.294. The van der Waals surface area contributed by atoms with Gasteiger partial charge in [0.2, 0.25) is 5.52 Å². The molecule has 1 heterocycles. The normalized spacial score (nSPS) is 16.0. The molecule has 0 radical (unpaired) electrons. The van der Waals surface area contributed by atoms with Gasteiger partial charge in [-0.3, -0.25) is 10.1 Å². The zero-order valence-electron chi connectivity index (χ0n) is 10.1. The van der Waals surface area contributed by atoms with Gasteiger partial charge in [0.05, 0.1) is 10.6 Å². The Hall–Kier alpha value is -2.71. The Morgan fingerprint density at radius 1 is 1.45 bits per heavy atom. The molecule has 3 rings (SSSR count). The van der Waals surface area contributed by atoms with E-state index in [4.69, 9.17) is 0 Å². The second-order valence-corrected chi connectivity index (χ2v) is 4.65. The number of nitrogens with zero attached hydrogens (tertiary/aromatic N) is 3. The Balaban J connectivity index is 2.00. The minimum absolute atomic E-state index is 0.0000595. The molecule has 2 N–H and O–H groups in total. The molecular weight excluding hydrogens is 268 g/mol. The Morgan fingerprint density at radius 2 is 2.15 bits per heavy atom. The lowest BCUT2D eigenvalue weighted by Gasteiger charge is -2.14. The van der Waals surface area contributed by atoms with E-state index in [-0.39, 0.29) is 22.6 Å². The Bertz CT molecular complexity index is 693. The Kier molecular flexibility index (Phi) is 2.74. The van der Waals surface area contributed by atoms with Gasteiger partial charge >= 0.3 is 11.7 Å². The van der Waals surface area contributed by atoms with Crippen LogP contribution < -0.4 is 5.32 Å². The molecule has 1 fully saturated rings. The third-order valence-electron chi connectivity index (χ3n) is 3.26. The van der Waals surface area contributed by atoms with E-state index in [9.17, 15) is 20.0 Å². The predicted molar refractivity (Wildman–Crippen MR) is 66.2 cm³/mol. The molecule has 1 unspecified atom stereocenters. The summed E-state index contributed by atoms with van der Waals surface area (Å²) >= 11 is 0. The number of fused-ring (bicyclic) bond motifs is 1. The quantitative estimate of drug-likeness (QED) is 0.619. The van der Waals surface area contributed by atoms with Gasteiger partial charge in [-0.05, 0) is 35.1 Å². The third-order valence-corrected chi connectivity index (χ3v) is 3.26. The van der Waals surface area contributed by atoms with Crippen molar-refractivity contribution in [1.82, 2.24) is 10.3 Å². The number of anilines is 1. The Morgan fingerprint density at radius 3 is 2.75 bits per heavy atom. The minimum atomic E-state index is -0.963. The number of hydrogen-bond donors (Lipinski definition) is 2. The smallest absolute Gasteiger partial charge is 0.326 e. The molecule has 1 aliphatic rings. The molecule has 1 aliphatic carbocycles. The number of nitro benzene ring substituents is 1. The number of carboxylic acid groups (broad SMARTS) is 1. The number of hydrogen-bond acceptors (Lipinski definition) is 7. The molecule has 1 aromatic heterocycles. The molecule has 104 valence electrons. The summed E-state index contributed by atoms with van der Waals surface area (Å²) in [7, 11) is 0. The van der Waals surface area contributed by atoms with E-state index in [1.165, 1.54) is 12.1 Å². The van der Waals surface area contributed by atoms with Gasteiger partial charge in [0.25, 0.3) is 0 Å². The first kappa shape index (κ1) is 12.3. The predicted octanol–water partition coefficient (Wildman–Crippen LogP) is 1.41. The van der Waals surface area contributed by atoms with Crippen LogP contribution in [0.4, 0.5) is 11.4 Å². The van der Waals surface area contributed by atoms with Gasteiger partial charge in [0.1, 0.15) is 6.04 Å². The molecule has 20 heavy (non-hydrogen) atoms. The standard InChI is InChI=1S/C11H10N4O5/c16-11(17)8(5-1-2-5)12-6-3-4-7(15(18)19)10-9(6)13-20-14-10/h3-5,8,12H,1-2H2,(H,16,17). The van der Waals surface area contributed by atoms with Crippen LogP contribution in [0.5, 0.6) is 0 Å². The summed E-state index contributed by atoms with van der Waals surface area (Å²) in [6.45, 7) is 0. The topological polar surface area (TPSA) is 131 Å². The van der Waals surface area contributed by atoms with Crippen molar-refractivity contribution < 1.29 is 19.5 Å². The van der Waals surface area contributed by atoms with E-state index in [0.717, 1.165) is 12.8 Å². The summed E-state index contributed by atoms with van der Waals surface area (Å²) in [5.74, 6) is -0.895. The number of non-ortho nitro benzene ring substituents is 1. The minimum Gasteiger partial charge on any atom is -0.480 e. The zero-order valence-corrected chi connectivity index (χ0v) is 10.1. The maximum atomic E-state index is 11.2. The fourth-order valence-corrected chi connectivity index (χ4v) is 2.10. The second-order valence-electron chi connectivity index (χ2n) is 4.65. The fraction of sp³-hybridized carbons (Fsp3) is 0.364. The van der Waals surface area contributed by atoms with Gasteiger partial charge in [0, 0.05) is 6.07 Å². The van der Waals surface area contributed by atoms with Gasteiger partial charge in [-0.25, -0.2) is 9.42 Å². The highest BCUT2D eigenvalue weighted by Crippen LogP contribution is 2.36. The highest BCUT2D eigenvalue weighted by molar-refractivity contribution is 5.94. The van der Waals surface area contributed by atoms with Crippen LogP contribution in [0.15, 0.2) is 16.8 Å². The van der Waals surface area contributed by atoms with Crippen LogP contribution in [0.2, 0.25) is 0 Å². The fourth-order valence-electron chi connectivity index (χ4n) is 2.10. The first-order valence-electron chi connectivity index (χ1n) is 5.97. The summed E-state index contributed by atoms with van der Waals surface area (Å²) in [6, 6.07) is 1.93. The molecule has 0 bridgehead atoms. The van der Waals surface area contributed by atoms with E-state index in [0.29, 0.717) is 5.69 Å². The lowest BCUT2D eigenvalue weighted by Crippen LogP contribution is -2.31. The van der Waals surface area contributed by atoms with Crippen molar-refractivity contribution in [2.75, 3.05) is 5.32 Å². The highest BCUT2D eigenvalue weighted by atomic mass is 16.6. The summed E-state index contributed by atoms with van der Waals surface area (Å²) in [6.07, 6.45) is 1.69. The molecule has 1 atom stereocenters. The van der Waals surface area contributed by atoms with Gasteiger partial charge in [-0.2, -0.15) is 0 Å². The maximum Gasteiger partial charge on any atom is 0.326 e. The highest BCUT2D eigenvalue weighted by Gasteiger charge is 2.37. The number of rotatable bonds is 5. The summed E-state index contributed by atoms with van der Waals surface area (Å²) in [5, 5.41) is 30.0. The summed E-state index contributed by atoms with van der Waals surface area (Å²) in [4.78, 5) is 21.5.